The number of pyridine rings is 1. The maximum Gasteiger partial charge on any atom is 0.172 e. The van der Waals surface area contributed by atoms with Gasteiger partial charge in [0.25, 0.3) is 0 Å². The van der Waals surface area contributed by atoms with Crippen LogP contribution in [0.3, 0.4) is 0 Å². The molecule has 0 fully saturated rings. The molecule has 3 nitrogen and oxygen atoms in total. The highest BCUT2D eigenvalue weighted by Crippen LogP contribution is 2.22. The number of aromatic nitrogens is 2. The molecule has 0 aliphatic rings. The molecule has 0 bridgehead atoms. The number of hydrogen-bond acceptors (Lipinski definition) is 2. The molecule has 0 atom stereocenters. The molecule has 0 N–H and O–H groups in total. The van der Waals surface area contributed by atoms with E-state index in [4.69, 9.17) is 4.52 Å². The third kappa shape index (κ3) is 1.53. The molecule has 0 amide bonds. The number of rotatable bonds is 1. The van der Waals surface area contributed by atoms with E-state index < -0.39 is 0 Å². The molecule has 0 aliphatic carbocycles. The smallest absolute Gasteiger partial charge is 0.172 e. The summed E-state index contributed by atoms with van der Waals surface area (Å²) >= 11 is 0. The molecule has 0 saturated heterocycles. The van der Waals surface area contributed by atoms with Gasteiger partial charge in [0, 0.05) is 23.3 Å². The van der Waals surface area contributed by atoms with Crippen molar-refractivity contribution in [2.24, 2.45) is 7.05 Å². The number of hydrogen-bond donors (Lipinski definition) is 0. The van der Waals surface area contributed by atoms with Crippen molar-refractivity contribution in [3.8, 4) is 11.3 Å². The predicted octanol–water partition coefficient (Wildman–Crippen LogP) is 1.78. The lowest BCUT2D eigenvalue weighted by Gasteiger charge is -1.97. The van der Waals surface area contributed by atoms with Crippen molar-refractivity contribution in [2.75, 3.05) is 0 Å². The molecule has 2 aromatic rings. The summed E-state index contributed by atoms with van der Waals surface area (Å²) < 4.78 is 7.23. The highest BCUT2D eigenvalue weighted by molar-refractivity contribution is 5.60. The summed E-state index contributed by atoms with van der Waals surface area (Å²) in [6.07, 6.45) is 4.06. The largest absolute Gasteiger partial charge is 0.356 e. The van der Waals surface area contributed by atoms with Crippen LogP contribution in [-0.4, -0.2) is 5.16 Å². The fourth-order valence-corrected chi connectivity index (χ4v) is 1.51. The van der Waals surface area contributed by atoms with Gasteiger partial charge in [-0.2, -0.15) is 0 Å². The minimum absolute atomic E-state index is 0.834. The van der Waals surface area contributed by atoms with Gasteiger partial charge in [-0.05, 0) is 13.8 Å². The van der Waals surface area contributed by atoms with Gasteiger partial charge in [-0.3, -0.25) is 0 Å². The Labute approximate surface area is 83.0 Å². The van der Waals surface area contributed by atoms with E-state index in [-0.39, 0.29) is 0 Å². The first-order valence-electron chi connectivity index (χ1n) is 4.56. The van der Waals surface area contributed by atoms with E-state index in [0.717, 1.165) is 17.0 Å². The summed E-state index contributed by atoms with van der Waals surface area (Å²) in [4.78, 5) is 0. The van der Waals surface area contributed by atoms with Crippen LogP contribution in [0, 0.1) is 13.8 Å². The zero-order valence-corrected chi connectivity index (χ0v) is 8.61. The Bertz CT molecular complexity index is 460. The predicted molar refractivity (Wildman–Crippen MR) is 52.6 cm³/mol. The third-order valence-corrected chi connectivity index (χ3v) is 2.19. The van der Waals surface area contributed by atoms with Crippen LogP contribution < -0.4 is 4.57 Å². The van der Waals surface area contributed by atoms with E-state index in [0.29, 0.717) is 0 Å². The summed E-state index contributed by atoms with van der Waals surface area (Å²) in [5.74, 6) is 0.834. The molecule has 2 heterocycles. The maximum absolute atomic E-state index is 5.21. The first-order valence-corrected chi connectivity index (χ1v) is 4.56. The monoisotopic (exact) mass is 189 g/mol. The fraction of sp³-hybridized carbons (Fsp3) is 0.273. The van der Waals surface area contributed by atoms with Crippen LogP contribution in [0.2, 0.25) is 0 Å². The molecule has 0 radical (unpaired) electrons. The van der Waals surface area contributed by atoms with Gasteiger partial charge in [0.05, 0.1) is 5.69 Å². The average molecular weight is 189 g/mol. The van der Waals surface area contributed by atoms with Crippen LogP contribution >= 0.6 is 0 Å². The van der Waals surface area contributed by atoms with E-state index in [1.54, 1.807) is 0 Å². The second-order valence-electron chi connectivity index (χ2n) is 3.54. The topological polar surface area (TPSA) is 29.9 Å². The summed E-state index contributed by atoms with van der Waals surface area (Å²) in [6, 6.07) is 3.98. The lowest BCUT2D eigenvalue weighted by Crippen LogP contribution is -2.26. The van der Waals surface area contributed by atoms with Crippen LogP contribution in [-0.2, 0) is 7.05 Å². The Kier molecular flexibility index (Phi) is 2.08. The standard InChI is InChI=1S/C11H13N2O/c1-8-7-13(3)5-4-10(8)11-6-9(2)12-14-11/h4-7H,1-3H3/q+1. The number of aryl methyl sites for hydroxylation is 3. The Morgan fingerprint density at radius 2 is 2.14 bits per heavy atom. The van der Waals surface area contributed by atoms with E-state index in [2.05, 4.69) is 18.3 Å². The van der Waals surface area contributed by atoms with Crippen molar-refractivity contribution in [3.05, 3.63) is 35.8 Å². The normalized spacial score (nSPS) is 10.5. The van der Waals surface area contributed by atoms with Crippen molar-refractivity contribution in [2.45, 2.75) is 13.8 Å². The van der Waals surface area contributed by atoms with E-state index in [1.165, 1.54) is 5.56 Å². The van der Waals surface area contributed by atoms with Gasteiger partial charge >= 0.3 is 0 Å². The Hall–Kier alpha value is -1.64. The van der Waals surface area contributed by atoms with Crippen LogP contribution in [0.5, 0.6) is 0 Å². The molecule has 2 aromatic heterocycles. The SMILES string of the molecule is Cc1cc(-c2cc[n+](C)cc2C)on1. The molecule has 0 spiro atoms. The fourth-order valence-electron chi connectivity index (χ4n) is 1.51. The van der Waals surface area contributed by atoms with Crippen LogP contribution in [0.4, 0.5) is 0 Å². The van der Waals surface area contributed by atoms with Gasteiger partial charge in [-0.15, -0.1) is 0 Å². The highest BCUT2D eigenvalue weighted by atomic mass is 16.5. The van der Waals surface area contributed by atoms with Crippen molar-refractivity contribution in [1.82, 2.24) is 5.16 Å². The minimum atomic E-state index is 0.834. The first kappa shape index (κ1) is 8.94. The third-order valence-electron chi connectivity index (χ3n) is 2.19. The van der Waals surface area contributed by atoms with Crippen molar-refractivity contribution in [3.63, 3.8) is 0 Å². The average Bonchev–Trinajstić information content (AvgIpc) is 2.51. The molecule has 0 aliphatic heterocycles. The van der Waals surface area contributed by atoms with E-state index in [1.807, 2.05) is 36.9 Å². The second kappa shape index (κ2) is 3.25. The van der Waals surface area contributed by atoms with Gasteiger partial charge < -0.3 is 4.52 Å². The Morgan fingerprint density at radius 1 is 1.36 bits per heavy atom. The minimum Gasteiger partial charge on any atom is -0.356 e. The summed E-state index contributed by atoms with van der Waals surface area (Å²) in [7, 11) is 2.00. The van der Waals surface area contributed by atoms with Gasteiger partial charge in [0.1, 0.15) is 7.05 Å². The molecular weight excluding hydrogens is 176 g/mol. The summed E-state index contributed by atoms with van der Waals surface area (Å²) in [6.45, 7) is 3.98. The Balaban J connectivity index is 2.52. The molecule has 3 heteroatoms. The van der Waals surface area contributed by atoms with Crippen molar-refractivity contribution >= 4 is 0 Å². The highest BCUT2D eigenvalue weighted by Gasteiger charge is 2.09. The molecule has 72 valence electrons. The van der Waals surface area contributed by atoms with E-state index in [9.17, 15) is 0 Å². The molecule has 14 heavy (non-hydrogen) atoms. The van der Waals surface area contributed by atoms with Gasteiger partial charge in [0.2, 0.25) is 0 Å². The molecule has 0 unspecified atom stereocenters. The quantitative estimate of drug-likeness (QED) is 0.640. The van der Waals surface area contributed by atoms with Crippen molar-refractivity contribution in [1.29, 1.82) is 0 Å². The Morgan fingerprint density at radius 3 is 2.71 bits per heavy atom. The van der Waals surface area contributed by atoms with Crippen LogP contribution in [0.15, 0.2) is 29.0 Å². The second-order valence-corrected chi connectivity index (χ2v) is 3.54. The van der Waals surface area contributed by atoms with Gasteiger partial charge in [-0.1, -0.05) is 5.16 Å². The first-order chi connectivity index (χ1) is 6.66. The summed E-state index contributed by atoms with van der Waals surface area (Å²) in [5, 5.41) is 3.87. The van der Waals surface area contributed by atoms with Gasteiger partial charge in [0.15, 0.2) is 18.2 Å². The zero-order valence-electron chi connectivity index (χ0n) is 8.61. The zero-order chi connectivity index (χ0) is 10.1. The number of nitrogens with zero attached hydrogens (tertiary/aromatic N) is 2. The summed E-state index contributed by atoms with van der Waals surface area (Å²) in [5.41, 5.74) is 3.20. The molecule has 0 saturated carbocycles. The van der Waals surface area contributed by atoms with Crippen LogP contribution in [0.25, 0.3) is 11.3 Å². The molecular formula is C11H13N2O+. The molecule has 0 aromatic carbocycles. The lowest BCUT2D eigenvalue weighted by molar-refractivity contribution is -0.671. The lowest BCUT2D eigenvalue weighted by atomic mass is 10.1. The van der Waals surface area contributed by atoms with Crippen molar-refractivity contribution < 1.29 is 9.09 Å². The maximum atomic E-state index is 5.21. The molecule has 2 rings (SSSR count). The van der Waals surface area contributed by atoms with Crippen LogP contribution in [0.1, 0.15) is 11.3 Å². The van der Waals surface area contributed by atoms with E-state index >= 15 is 0 Å². The van der Waals surface area contributed by atoms with Gasteiger partial charge in [-0.25, -0.2) is 4.57 Å².